The Balaban J connectivity index is 1.49. The minimum absolute atomic E-state index is 0.202. The van der Waals surface area contributed by atoms with Crippen LogP contribution in [0.1, 0.15) is 40.1 Å². The van der Waals surface area contributed by atoms with E-state index in [-0.39, 0.29) is 10.6 Å². The third-order valence-corrected chi connectivity index (χ3v) is 8.71. The Labute approximate surface area is 193 Å². The molecule has 2 aliphatic rings. The molecule has 3 N–H and O–H groups in total. The van der Waals surface area contributed by atoms with Crippen molar-refractivity contribution in [3.63, 3.8) is 0 Å². The molecule has 0 bridgehead atoms. The summed E-state index contributed by atoms with van der Waals surface area (Å²) in [5, 5.41) is 14.5. The number of nitrogens with two attached hydrogens (primary N) is 1. The lowest BCUT2D eigenvalue weighted by Gasteiger charge is -2.16. The third kappa shape index (κ3) is 4.56. The van der Waals surface area contributed by atoms with Crippen molar-refractivity contribution in [1.82, 2.24) is 4.31 Å². The summed E-state index contributed by atoms with van der Waals surface area (Å²) in [5.41, 5.74) is 6.07. The molecule has 1 aromatic heterocycles. The highest BCUT2D eigenvalue weighted by atomic mass is 32.2. The van der Waals surface area contributed by atoms with Gasteiger partial charge in [0.05, 0.1) is 15.4 Å². The van der Waals surface area contributed by atoms with Crippen LogP contribution in [0.3, 0.4) is 0 Å². The first-order chi connectivity index (χ1) is 15.7. The van der Waals surface area contributed by atoms with Gasteiger partial charge in [0.25, 0.3) is 11.8 Å². The summed E-state index contributed by atoms with van der Waals surface area (Å²) in [6.45, 7) is 0.168. The molecule has 11 nitrogen and oxygen atoms in total. The van der Waals surface area contributed by atoms with Crippen LogP contribution in [-0.2, 0) is 27.7 Å². The van der Waals surface area contributed by atoms with E-state index in [0.29, 0.717) is 23.7 Å². The molecule has 1 aliphatic carbocycles. The number of amides is 2. The standard InChI is InChI=1S/C20H22N4O7S2/c21-19(26)18-13-4-3-5-16(13)32-20(18)22-17(25)11-31-15-7-6-12(10-14(15)24(27)28)33(29,30)23-8-1-2-9-23/h6-7,10H,1-5,8-9,11H2,(H2,21,26)(H,22,25). The number of carbonyl (C=O) groups is 2. The molecule has 1 saturated heterocycles. The molecule has 2 amide bonds. The van der Waals surface area contributed by atoms with E-state index in [4.69, 9.17) is 10.5 Å². The fraction of sp³-hybridized carbons (Fsp3) is 0.400. The predicted octanol–water partition coefficient (Wildman–Crippen LogP) is 2.05. The highest BCUT2D eigenvalue weighted by Gasteiger charge is 2.30. The Kier molecular flexibility index (Phi) is 6.36. The lowest BCUT2D eigenvalue weighted by atomic mass is 10.1. The Morgan fingerprint density at radius 3 is 2.61 bits per heavy atom. The molecular weight excluding hydrogens is 472 g/mol. The van der Waals surface area contributed by atoms with Crippen molar-refractivity contribution in [3.8, 4) is 5.75 Å². The highest BCUT2D eigenvalue weighted by Crippen LogP contribution is 2.39. The number of anilines is 1. The zero-order chi connectivity index (χ0) is 23.8. The number of rotatable bonds is 8. The molecule has 0 spiro atoms. The topological polar surface area (TPSA) is 162 Å². The van der Waals surface area contributed by atoms with E-state index < -0.39 is 39.1 Å². The van der Waals surface area contributed by atoms with Gasteiger partial charge in [0.2, 0.25) is 10.0 Å². The summed E-state index contributed by atoms with van der Waals surface area (Å²) in [6, 6.07) is 3.34. The summed E-state index contributed by atoms with van der Waals surface area (Å²) < 4.78 is 32.0. The Bertz CT molecular complexity index is 1230. The maximum absolute atomic E-state index is 12.7. The van der Waals surface area contributed by atoms with Crippen LogP contribution >= 0.6 is 11.3 Å². The number of nitro groups is 1. The van der Waals surface area contributed by atoms with Gasteiger partial charge in [-0.05, 0) is 49.8 Å². The van der Waals surface area contributed by atoms with Gasteiger partial charge in [-0.3, -0.25) is 19.7 Å². The highest BCUT2D eigenvalue weighted by molar-refractivity contribution is 7.89. The van der Waals surface area contributed by atoms with Crippen molar-refractivity contribution in [3.05, 3.63) is 44.3 Å². The van der Waals surface area contributed by atoms with E-state index in [0.717, 1.165) is 48.6 Å². The Hall–Kier alpha value is -3.03. The molecule has 13 heteroatoms. The van der Waals surface area contributed by atoms with Crippen molar-refractivity contribution < 1.29 is 27.7 Å². The first kappa shape index (κ1) is 23.1. The number of nitrogens with one attached hydrogen (secondary N) is 1. The van der Waals surface area contributed by atoms with Crippen LogP contribution < -0.4 is 15.8 Å². The number of hydrogen-bond donors (Lipinski definition) is 2. The number of primary amides is 1. The number of aryl methyl sites for hydroxylation is 1. The molecule has 0 saturated carbocycles. The normalized spacial score (nSPS) is 15.9. The smallest absolute Gasteiger partial charge is 0.312 e. The average Bonchev–Trinajstić information content (AvgIpc) is 3.49. The van der Waals surface area contributed by atoms with Crippen LogP contribution in [0.25, 0.3) is 0 Å². The molecule has 0 unspecified atom stereocenters. The number of nitro benzene ring substituents is 1. The largest absolute Gasteiger partial charge is 0.477 e. The SMILES string of the molecule is NC(=O)c1c(NC(=O)COc2ccc(S(=O)(=O)N3CCCC3)cc2[N+](=O)[O-])sc2c1CCC2. The fourth-order valence-electron chi connectivity index (χ4n) is 4.06. The van der Waals surface area contributed by atoms with E-state index in [1.165, 1.54) is 27.8 Å². The summed E-state index contributed by atoms with van der Waals surface area (Å²) in [7, 11) is -3.84. The molecule has 33 heavy (non-hydrogen) atoms. The van der Waals surface area contributed by atoms with Crippen LogP contribution in [0.2, 0.25) is 0 Å². The van der Waals surface area contributed by atoms with Crippen LogP contribution in [-0.4, -0.2) is 49.2 Å². The number of hydrogen-bond acceptors (Lipinski definition) is 8. The van der Waals surface area contributed by atoms with Gasteiger partial charge >= 0.3 is 5.69 Å². The number of ether oxygens (including phenoxy) is 1. The van der Waals surface area contributed by atoms with E-state index in [2.05, 4.69) is 5.32 Å². The van der Waals surface area contributed by atoms with E-state index in [1.807, 2.05) is 0 Å². The zero-order valence-electron chi connectivity index (χ0n) is 17.5. The summed E-state index contributed by atoms with van der Waals surface area (Å²) >= 11 is 1.28. The quantitative estimate of drug-likeness (QED) is 0.419. The van der Waals surface area contributed by atoms with Gasteiger partial charge in [0, 0.05) is 24.0 Å². The number of fused-ring (bicyclic) bond motifs is 1. The first-order valence-corrected chi connectivity index (χ1v) is 12.6. The lowest BCUT2D eigenvalue weighted by Crippen LogP contribution is -2.28. The average molecular weight is 495 g/mol. The Morgan fingerprint density at radius 1 is 1.21 bits per heavy atom. The molecular formula is C20H22N4O7S2. The number of sulfonamides is 1. The predicted molar refractivity (Wildman–Crippen MR) is 120 cm³/mol. The third-order valence-electron chi connectivity index (χ3n) is 5.61. The zero-order valence-corrected chi connectivity index (χ0v) is 19.2. The lowest BCUT2D eigenvalue weighted by molar-refractivity contribution is -0.386. The molecule has 4 rings (SSSR count). The summed E-state index contributed by atoms with van der Waals surface area (Å²) in [5.74, 6) is -1.49. The van der Waals surface area contributed by atoms with Gasteiger partial charge in [-0.25, -0.2) is 8.42 Å². The molecule has 1 aliphatic heterocycles. The van der Waals surface area contributed by atoms with E-state index in [9.17, 15) is 28.1 Å². The van der Waals surface area contributed by atoms with Gasteiger partial charge in [-0.15, -0.1) is 11.3 Å². The van der Waals surface area contributed by atoms with Gasteiger partial charge in [-0.1, -0.05) is 0 Å². The van der Waals surface area contributed by atoms with Gasteiger partial charge in [0.1, 0.15) is 5.00 Å². The monoisotopic (exact) mass is 494 g/mol. The summed E-state index contributed by atoms with van der Waals surface area (Å²) in [6.07, 6.45) is 3.93. The van der Waals surface area contributed by atoms with Crippen molar-refractivity contribution in [1.29, 1.82) is 0 Å². The van der Waals surface area contributed by atoms with Crippen LogP contribution in [0.4, 0.5) is 10.7 Å². The van der Waals surface area contributed by atoms with Crippen LogP contribution in [0.15, 0.2) is 23.1 Å². The molecule has 0 radical (unpaired) electrons. The second-order valence-corrected chi connectivity index (χ2v) is 10.8. The molecule has 1 aromatic carbocycles. The van der Waals surface area contributed by atoms with E-state index in [1.54, 1.807) is 0 Å². The van der Waals surface area contributed by atoms with Gasteiger partial charge in [0.15, 0.2) is 12.4 Å². The first-order valence-electron chi connectivity index (χ1n) is 10.3. The van der Waals surface area contributed by atoms with Gasteiger partial charge in [-0.2, -0.15) is 4.31 Å². The minimum Gasteiger partial charge on any atom is -0.477 e. The maximum Gasteiger partial charge on any atom is 0.312 e. The van der Waals surface area contributed by atoms with Crippen molar-refractivity contribution in [2.45, 2.75) is 37.0 Å². The fourth-order valence-corrected chi connectivity index (χ4v) is 6.91. The number of nitrogens with zero attached hydrogens (tertiary/aromatic N) is 2. The molecule has 2 aromatic rings. The molecule has 2 heterocycles. The molecule has 0 atom stereocenters. The number of carbonyl (C=O) groups excluding carboxylic acids is 2. The maximum atomic E-state index is 12.7. The minimum atomic E-state index is -3.84. The molecule has 176 valence electrons. The number of benzene rings is 1. The van der Waals surface area contributed by atoms with Crippen LogP contribution in [0.5, 0.6) is 5.75 Å². The second kappa shape index (κ2) is 9.08. The van der Waals surface area contributed by atoms with Crippen molar-refractivity contribution in [2.24, 2.45) is 5.73 Å². The molecule has 1 fully saturated rings. The van der Waals surface area contributed by atoms with Crippen molar-refractivity contribution >= 4 is 43.9 Å². The Morgan fingerprint density at radius 2 is 1.94 bits per heavy atom. The second-order valence-electron chi connectivity index (χ2n) is 7.76. The van der Waals surface area contributed by atoms with Gasteiger partial charge < -0.3 is 15.8 Å². The number of thiophene rings is 1. The van der Waals surface area contributed by atoms with Crippen molar-refractivity contribution in [2.75, 3.05) is 25.0 Å². The summed E-state index contributed by atoms with van der Waals surface area (Å²) in [4.78, 5) is 35.8. The van der Waals surface area contributed by atoms with E-state index >= 15 is 0 Å². The van der Waals surface area contributed by atoms with Crippen LogP contribution in [0, 0.1) is 10.1 Å².